The molecule has 0 saturated heterocycles. The molecule has 0 aliphatic heterocycles. The number of fused-ring (bicyclic) bond motifs is 5. The molecule has 4 heteroatoms. The molecule has 4 rings (SSSR count). The Labute approximate surface area is 161 Å². The highest BCUT2D eigenvalue weighted by molar-refractivity contribution is 6.02. The maximum atomic E-state index is 13.7. The lowest BCUT2D eigenvalue weighted by Gasteiger charge is -2.62. The van der Waals surface area contributed by atoms with Crippen molar-refractivity contribution in [3.63, 3.8) is 0 Å². The van der Waals surface area contributed by atoms with Gasteiger partial charge in [-0.25, -0.2) is 0 Å². The van der Waals surface area contributed by atoms with Crippen LogP contribution in [0.4, 0.5) is 0 Å². The monoisotopic (exact) mass is 370 g/mol. The quantitative estimate of drug-likeness (QED) is 0.806. The number of carbonyl (C=O) groups excluding carboxylic acids is 3. The Morgan fingerprint density at radius 3 is 2.56 bits per heavy atom. The molecule has 0 aromatic heterocycles. The average Bonchev–Trinajstić information content (AvgIpc) is 2.88. The van der Waals surface area contributed by atoms with Crippen LogP contribution >= 0.6 is 0 Å². The van der Waals surface area contributed by atoms with Crippen molar-refractivity contribution < 1.29 is 19.5 Å². The average molecular weight is 370 g/mol. The third kappa shape index (κ3) is 2.00. The smallest absolute Gasteiger partial charge is 0.178 e. The largest absolute Gasteiger partial charge is 0.381 e. The first kappa shape index (κ1) is 18.8. The molecule has 4 aliphatic rings. The first-order chi connectivity index (χ1) is 12.5. The van der Waals surface area contributed by atoms with E-state index in [1.54, 1.807) is 19.1 Å². The van der Waals surface area contributed by atoms with E-state index in [2.05, 4.69) is 13.8 Å². The minimum atomic E-state index is -1.39. The van der Waals surface area contributed by atoms with E-state index in [0.717, 1.165) is 24.8 Å². The van der Waals surface area contributed by atoms with Gasteiger partial charge in [0, 0.05) is 29.1 Å². The minimum Gasteiger partial charge on any atom is -0.381 e. The third-order valence-electron chi connectivity index (χ3n) is 9.07. The summed E-state index contributed by atoms with van der Waals surface area (Å²) in [6.45, 7) is 7.90. The topological polar surface area (TPSA) is 71.4 Å². The van der Waals surface area contributed by atoms with Crippen molar-refractivity contribution in [2.24, 2.45) is 28.1 Å². The second-order valence-corrected chi connectivity index (χ2v) is 9.75. The maximum absolute atomic E-state index is 13.7. The molecule has 4 nitrogen and oxygen atoms in total. The molecule has 6 atom stereocenters. The molecular weight excluding hydrogens is 340 g/mol. The van der Waals surface area contributed by atoms with Crippen molar-refractivity contribution in [1.29, 1.82) is 0 Å². The predicted molar refractivity (Wildman–Crippen MR) is 102 cm³/mol. The van der Waals surface area contributed by atoms with Crippen LogP contribution in [0, 0.1) is 28.1 Å². The molecule has 0 bridgehead atoms. The lowest BCUT2D eigenvalue weighted by Crippen LogP contribution is -2.64. The van der Waals surface area contributed by atoms with Gasteiger partial charge in [0.05, 0.1) is 0 Å². The van der Waals surface area contributed by atoms with E-state index < -0.39 is 21.8 Å². The van der Waals surface area contributed by atoms with Gasteiger partial charge >= 0.3 is 0 Å². The van der Waals surface area contributed by atoms with Gasteiger partial charge in [-0.3, -0.25) is 14.4 Å². The van der Waals surface area contributed by atoms with E-state index in [4.69, 9.17) is 0 Å². The predicted octanol–water partition coefficient (Wildman–Crippen LogP) is 3.57. The van der Waals surface area contributed by atoms with Crippen LogP contribution in [0.5, 0.6) is 0 Å². The zero-order valence-electron chi connectivity index (χ0n) is 16.8. The number of hydrogen-bond donors (Lipinski definition) is 1. The number of carbonyl (C=O) groups is 3. The summed E-state index contributed by atoms with van der Waals surface area (Å²) in [5, 5.41) is 11.4. The van der Waals surface area contributed by atoms with Crippen molar-refractivity contribution in [2.75, 3.05) is 0 Å². The van der Waals surface area contributed by atoms with Gasteiger partial charge in [0.15, 0.2) is 11.6 Å². The van der Waals surface area contributed by atoms with Crippen LogP contribution in [0.2, 0.25) is 0 Å². The highest BCUT2D eigenvalue weighted by Gasteiger charge is 2.71. The van der Waals surface area contributed by atoms with E-state index in [9.17, 15) is 19.5 Å². The number of aliphatic hydroxyl groups is 1. The molecule has 0 radical (unpaired) electrons. The van der Waals surface area contributed by atoms with Crippen molar-refractivity contribution in [1.82, 2.24) is 0 Å². The zero-order chi connectivity index (χ0) is 19.8. The summed E-state index contributed by atoms with van der Waals surface area (Å²) >= 11 is 0. The van der Waals surface area contributed by atoms with Crippen LogP contribution < -0.4 is 0 Å². The van der Waals surface area contributed by atoms with Crippen LogP contribution in [-0.2, 0) is 14.4 Å². The number of Topliss-reactive ketones (excluding diaryl/α,β-unsaturated/α-hetero) is 2. The standard InChI is InChI=1S/C23H30O4/c1-5-18(25)23(27)11-9-16-17-7-6-14-12-15(24)8-10-20(14,2)22(17,4)19(26)13-21(16,23)3/h8,10,12,16-17,27H,5-7,9,11,13H2,1-4H3/t16-,17-,20-,21-,22+,23-/m0/s1. The molecule has 1 N–H and O–H groups in total. The molecule has 4 aliphatic carbocycles. The Balaban J connectivity index is 1.82. The summed E-state index contributed by atoms with van der Waals surface area (Å²) in [7, 11) is 0. The molecule has 27 heavy (non-hydrogen) atoms. The van der Waals surface area contributed by atoms with E-state index in [-0.39, 0.29) is 35.6 Å². The van der Waals surface area contributed by atoms with Gasteiger partial charge in [-0.1, -0.05) is 39.3 Å². The van der Waals surface area contributed by atoms with Gasteiger partial charge in [0.2, 0.25) is 0 Å². The first-order valence-corrected chi connectivity index (χ1v) is 10.3. The van der Waals surface area contributed by atoms with Crippen molar-refractivity contribution in [3.05, 3.63) is 23.8 Å². The molecule has 0 heterocycles. The molecule has 3 saturated carbocycles. The van der Waals surface area contributed by atoms with Gasteiger partial charge in [-0.2, -0.15) is 0 Å². The SMILES string of the molecule is CCC(=O)[C@@]1(O)CC[C@H]2[C@@H]3CCC4=CC(=O)C=C[C@]4(C)[C@@]3(C)C(=O)C[C@@]21C. The summed E-state index contributed by atoms with van der Waals surface area (Å²) in [6.07, 6.45) is 8.66. The number of hydrogen-bond acceptors (Lipinski definition) is 4. The normalized spacial score (nSPS) is 48.6. The third-order valence-corrected chi connectivity index (χ3v) is 9.07. The van der Waals surface area contributed by atoms with E-state index >= 15 is 0 Å². The first-order valence-electron chi connectivity index (χ1n) is 10.3. The lowest BCUT2D eigenvalue weighted by atomic mass is 9.40. The van der Waals surface area contributed by atoms with Gasteiger partial charge in [0.1, 0.15) is 11.4 Å². The fourth-order valence-electron chi connectivity index (χ4n) is 7.11. The van der Waals surface area contributed by atoms with Gasteiger partial charge in [-0.15, -0.1) is 0 Å². The lowest BCUT2D eigenvalue weighted by molar-refractivity contribution is -0.178. The van der Waals surface area contributed by atoms with E-state index in [1.807, 2.05) is 13.0 Å². The Hall–Kier alpha value is -1.55. The summed E-state index contributed by atoms with van der Waals surface area (Å²) < 4.78 is 0. The summed E-state index contributed by atoms with van der Waals surface area (Å²) in [4.78, 5) is 38.2. The van der Waals surface area contributed by atoms with Crippen molar-refractivity contribution >= 4 is 17.3 Å². The molecule has 0 spiro atoms. The van der Waals surface area contributed by atoms with Crippen LogP contribution in [0.1, 0.15) is 66.2 Å². The van der Waals surface area contributed by atoms with Gasteiger partial charge < -0.3 is 5.11 Å². The van der Waals surface area contributed by atoms with Gasteiger partial charge in [-0.05, 0) is 49.7 Å². The van der Waals surface area contributed by atoms with E-state index in [0.29, 0.717) is 12.8 Å². The van der Waals surface area contributed by atoms with Crippen molar-refractivity contribution in [2.45, 2.75) is 71.8 Å². The Morgan fingerprint density at radius 1 is 1.19 bits per heavy atom. The maximum Gasteiger partial charge on any atom is 0.178 e. The molecule has 146 valence electrons. The second kappa shape index (κ2) is 5.50. The Kier molecular flexibility index (Phi) is 3.83. The highest BCUT2D eigenvalue weighted by atomic mass is 16.3. The van der Waals surface area contributed by atoms with Crippen molar-refractivity contribution in [3.8, 4) is 0 Å². The minimum absolute atomic E-state index is 0.00130. The number of allylic oxidation sites excluding steroid dienone is 4. The fourth-order valence-corrected chi connectivity index (χ4v) is 7.11. The zero-order valence-corrected chi connectivity index (χ0v) is 16.8. The van der Waals surface area contributed by atoms with Crippen LogP contribution in [0.15, 0.2) is 23.8 Å². The molecule has 0 aromatic carbocycles. The van der Waals surface area contributed by atoms with Crippen LogP contribution in [-0.4, -0.2) is 28.1 Å². The highest BCUT2D eigenvalue weighted by Crippen LogP contribution is 2.70. The van der Waals surface area contributed by atoms with Crippen LogP contribution in [0.25, 0.3) is 0 Å². The molecule has 3 fully saturated rings. The summed E-state index contributed by atoms with van der Waals surface area (Å²) in [5.41, 5.74) is -2.08. The second-order valence-electron chi connectivity index (χ2n) is 9.75. The fraction of sp³-hybridized carbons (Fsp3) is 0.696. The van der Waals surface area contributed by atoms with Crippen LogP contribution in [0.3, 0.4) is 0 Å². The molecule has 0 amide bonds. The summed E-state index contributed by atoms with van der Waals surface area (Å²) in [5.74, 6) is 0.256. The Bertz CT molecular complexity index is 807. The summed E-state index contributed by atoms with van der Waals surface area (Å²) in [6, 6.07) is 0. The van der Waals surface area contributed by atoms with E-state index in [1.165, 1.54) is 0 Å². The number of rotatable bonds is 2. The molecule has 0 aromatic rings. The van der Waals surface area contributed by atoms with Gasteiger partial charge in [0.25, 0.3) is 0 Å². The Morgan fingerprint density at radius 2 is 1.89 bits per heavy atom. The molecule has 0 unspecified atom stereocenters. The molecular formula is C23H30O4. The number of ketones is 3.